The van der Waals surface area contributed by atoms with Gasteiger partial charge >= 0.3 is 0 Å². The quantitative estimate of drug-likeness (QED) is 0.883. The van der Waals surface area contributed by atoms with Gasteiger partial charge in [-0.1, -0.05) is 19.9 Å². The molecule has 0 aromatic heterocycles. The lowest BCUT2D eigenvalue weighted by molar-refractivity contribution is 0.121. The van der Waals surface area contributed by atoms with Crippen LogP contribution in [-0.2, 0) is 6.42 Å². The third-order valence-electron chi connectivity index (χ3n) is 4.47. The zero-order chi connectivity index (χ0) is 14.0. The van der Waals surface area contributed by atoms with Gasteiger partial charge in [-0.05, 0) is 61.1 Å². The van der Waals surface area contributed by atoms with Gasteiger partial charge in [0.05, 0.1) is 0 Å². The lowest BCUT2D eigenvalue weighted by Gasteiger charge is -2.40. The Balaban J connectivity index is 2.14. The van der Waals surface area contributed by atoms with E-state index >= 15 is 0 Å². The fourth-order valence-electron chi connectivity index (χ4n) is 3.31. The Morgan fingerprint density at radius 2 is 2.00 bits per heavy atom. The minimum atomic E-state index is -0.513. The number of halogens is 2. The fraction of sp³-hybridized carbons (Fsp3) is 0.625. The van der Waals surface area contributed by atoms with E-state index in [0.29, 0.717) is 35.8 Å². The van der Waals surface area contributed by atoms with Crippen molar-refractivity contribution < 1.29 is 8.78 Å². The first-order valence-electron chi connectivity index (χ1n) is 7.05. The van der Waals surface area contributed by atoms with Crippen molar-refractivity contribution in [3.05, 3.63) is 35.4 Å². The molecule has 2 unspecified atom stereocenters. The Hall–Kier alpha value is -0.960. The summed E-state index contributed by atoms with van der Waals surface area (Å²) in [5.74, 6) is -0.0917. The highest BCUT2D eigenvalue weighted by Crippen LogP contribution is 2.42. The van der Waals surface area contributed by atoms with Gasteiger partial charge in [0.25, 0.3) is 0 Å². The Kier molecular flexibility index (Phi) is 4.24. The molecule has 1 fully saturated rings. The lowest BCUT2D eigenvalue weighted by Crippen LogP contribution is -2.35. The summed E-state index contributed by atoms with van der Waals surface area (Å²) in [5.41, 5.74) is 6.76. The summed E-state index contributed by atoms with van der Waals surface area (Å²) >= 11 is 0. The van der Waals surface area contributed by atoms with Gasteiger partial charge in [0.1, 0.15) is 11.6 Å². The van der Waals surface area contributed by atoms with E-state index in [2.05, 4.69) is 13.8 Å². The molecule has 2 atom stereocenters. The van der Waals surface area contributed by atoms with Crippen LogP contribution in [0.3, 0.4) is 0 Å². The molecule has 0 saturated heterocycles. The summed E-state index contributed by atoms with van der Waals surface area (Å²) in [6.45, 7) is 5.17. The molecule has 2 N–H and O–H groups in total. The second kappa shape index (κ2) is 5.58. The van der Waals surface area contributed by atoms with Gasteiger partial charge in [-0.2, -0.15) is 0 Å². The van der Waals surface area contributed by atoms with E-state index in [1.807, 2.05) is 0 Å². The summed E-state index contributed by atoms with van der Waals surface area (Å²) in [7, 11) is 0. The van der Waals surface area contributed by atoms with E-state index in [-0.39, 0.29) is 0 Å². The van der Waals surface area contributed by atoms with Crippen LogP contribution < -0.4 is 5.73 Å². The number of nitrogens with two attached hydrogens (primary N) is 1. The highest BCUT2D eigenvalue weighted by Gasteiger charge is 2.34. The second-order valence-corrected chi connectivity index (χ2v) is 6.60. The summed E-state index contributed by atoms with van der Waals surface area (Å²) in [5, 5.41) is 0. The summed E-state index contributed by atoms with van der Waals surface area (Å²) in [6, 6.07) is 3.88. The topological polar surface area (TPSA) is 26.0 Å². The van der Waals surface area contributed by atoms with Gasteiger partial charge in [-0.3, -0.25) is 0 Å². The first-order chi connectivity index (χ1) is 8.91. The molecule has 1 saturated carbocycles. The average molecular weight is 267 g/mol. The number of hydrogen-bond acceptors (Lipinski definition) is 1. The van der Waals surface area contributed by atoms with Gasteiger partial charge in [0.2, 0.25) is 0 Å². The van der Waals surface area contributed by atoms with Crippen LogP contribution >= 0.6 is 0 Å². The fourth-order valence-corrected chi connectivity index (χ4v) is 3.31. The van der Waals surface area contributed by atoms with Crippen LogP contribution in [-0.4, -0.2) is 6.54 Å². The number of benzene rings is 1. The Morgan fingerprint density at radius 1 is 1.26 bits per heavy atom. The zero-order valence-corrected chi connectivity index (χ0v) is 11.8. The van der Waals surface area contributed by atoms with Crippen LogP contribution in [0.5, 0.6) is 0 Å². The minimum Gasteiger partial charge on any atom is -0.330 e. The van der Waals surface area contributed by atoms with Crippen LogP contribution in [0.1, 0.15) is 38.7 Å². The molecule has 106 valence electrons. The predicted molar refractivity (Wildman–Crippen MR) is 73.7 cm³/mol. The second-order valence-electron chi connectivity index (χ2n) is 6.60. The molecule has 19 heavy (non-hydrogen) atoms. The van der Waals surface area contributed by atoms with Gasteiger partial charge in [-0.15, -0.1) is 0 Å². The smallest absolute Gasteiger partial charge is 0.129 e. The third-order valence-corrected chi connectivity index (χ3v) is 4.47. The van der Waals surface area contributed by atoms with E-state index in [9.17, 15) is 8.78 Å². The van der Waals surface area contributed by atoms with Crippen molar-refractivity contribution in [1.29, 1.82) is 0 Å². The molecule has 0 amide bonds. The maximum absolute atomic E-state index is 13.8. The number of rotatable bonds is 3. The van der Waals surface area contributed by atoms with E-state index in [1.54, 1.807) is 6.07 Å². The summed E-state index contributed by atoms with van der Waals surface area (Å²) in [6.07, 6.45) is 4.01. The molecule has 1 aliphatic rings. The summed E-state index contributed by atoms with van der Waals surface area (Å²) < 4.78 is 26.7. The van der Waals surface area contributed by atoms with Crippen LogP contribution in [0.2, 0.25) is 0 Å². The first kappa shape index (κ1) is 14.4. The molecule has 1 aromatic rings. The van der Waals surface area contributed by atoms with Crippen LogP contribution in [0.25, 0.3) is 0 Å². The molecule has 1 aliphatic carbocycles. The van der Waals surface area contributed by atoms with E-state index in [0.717, 1.165) is 18.9 Å². The van der Waals surface area contributed by atoms with Crippen molar-refractivity contribution in [1.82, 2.24) is 0 Å². The molecule has 2 rings (SSSR count). The highest BCUT2D eigenvalue weighted by atomic mass is 19.1. The molecule has 0 spiro atoms. The Morgan fingerprint density at radius 3 is 2.63 bits per heavy atom. The number of hydrogen-bond donors (Lipinski definition) is 1. The molecule has 1 aromatic carbocycles. The Bertz CT molecular complexity index is 442. The van der Waals surface area contributed by atoms with E-state index < -0.39 is 11.6 Å². The lowest BCUT2D eigenvalue weighted by atomic mass is 9.65. The standard InChI is InChI=1S/C16H23F2N/c1-16(2)6-5-12(10-19)13(9-16)7-11-3-4-14(17)8-15(11)18/h3-4,8,12-13H,5-7,9-10,19H2,1-2H3. The van der Waals surface area contributed by atoms with Crippen LogP contribution in [0.4, 0.5) is 8.78 Å². The van der Waals surface area contributed by atoms with Crippen molar-refractivity contribution >= 4 is 0 Å². The predicted octanol–water partition coefficient (Wildman–Crippen LogP) is 3.91. The molecule has 0 aliphatic heterocycles. The van der Waals surface area contributed by atoms with Gasteiger partial charge in [-0.25, -0.2) is 8.78 Å². The molecule has 0 bridgehead atoms. The molecule has 0 radical (unpaired) electrons. The average Bonchev–Trinajstić information content (AvgIpc) is 2.32. The maximum atomic E-state index is 13.8. The molecule has 3 heteroatoms. The molecule has 0 heterocycles. The minimum absolute atomic E-state index is 0.298. The Labute approximate surface area is 114 Å². The largest absolute Gasteiger partial charge is 0.330 e. The maximum Gasteiger partial charge on any atom is 0.129 e. The van der Waals surface area contributed by atoms with Crippen molar-refractivity contribution in [3.63, 3.8) is 0 Å². The highest BCUT2D eigenvalue weighted by molar-refractivity contribution is 5.19. The third kappa shape index (κ3) is 3.53. The van der Waals surface area contributed by atoms with Crippen LogP contribution in [0, 0.1) is 28.9 Å². The van der Waals surface area contributed by atoms with Gasteiger partial charge in [0.15, 0.2) is 0 Å². The normalized spacial score (nSPS) is 26.4. The van der Waals surface area contributed by atoms with Crippen molar-refractivity contribution in [2.45, 2.75) is 39.5 Å². The SMILES string of the molecule is CC1(C)CCC(CN)C(Cc2ccc(F)cc2F)C1. The van der Waals surface area contributed by atoms with E-state index in [4.69, 9.17) is 5.73 Å². The molecular formula is C16H23F2N. The summed E-state index contributed by atoms with van der Waals surface area (Å²) in [4.78, 5) is 0. The van der Waals surface area contributed by atoms with Crippen molar-refractivity contribution in [3.8, 4) is 0 Å². The first-order valence-corrected chi connectivity index (χ1v) is 7.05. The van der Waals surface area contributed by atoms with E-state index in [1.165, 1.54) is 12.5 Å². The van der Waals surface area contributed by atoms with Crippen LogP contribution in [0.15, 0.2) is 18.2 Å². The molecule has 1 nitrogen and oxygen atoms in total. The molecular weight excluding hydrogens is 244 g/mol. The van der Waals surface area contributed by atoms with Gasteiger partial charge < -0.3 is 5.73 Å². The van der Waals surface area contributed by atoms with Crippen molar-refractivity contribution in [2.75, 3.05) is 6.54 Å². The zero-order valence-electron chi connectivity index (χ0n) is 11.8. The monoisotopic (exact) mass is 267 g/mol. The van der Waals surface area contributed by atoms with Gasteiger partial charge in [0, 0.05) is 6.07 Å². The van der Waals surface area contributed by atoms with Crippen molar-refractivity contribution in [2.24, 2.45) is 23.0 Å².